The molecule has 0 N–H and O–H groups in total. The fourth-order valence-electron chi connectivity index (χ4n) is 4.72. The van der Waals surface area contributed by atoms with E-state index in [0.29, 0.717) is 40.5 Å². The summed E-state index contributed by atoms with van der Waals surface area (Å²) in [5.41, 5.74) is 2.58. The van der Waals surface area contributed by atoms with Gasteiger partial charge in [-0.2, -0.15) is 0 Å². The molecule has 0 amide bonds. The van der Waals surface area contributed by atoms with Crippen LogP contribution in [0.1, 0.15) is 53.7 Å². The number of aromatic nitrogens is 1. The first-order valence-electron chi connectivity index (χ1n) is 12.9. The number of hydrogen-bond acceptors (Lipinski definition) is 7. The Bertz CT molecular complexity index is 1520. The number of rotatable bonds is 12. The quantitative estimate of drug-likeness (QED) is 0.271. The standard InChI is InChI=1S/C30H30ClFN2O6/c1-4-27(35)21-7-5-18(13-24(21)32)14-28(36)26(10-11-38-2)34-17-29(39-3)23(16-30(34)37)22-15-19(31)6-8-20(22)25-9-12-40-33-25/h5-8,13,15-17,26H,4,9-12,14H2,1-3H3. The van der Waals surface area contributed by atoms with Crippen molar-refractivity contribution in [2.45, 2.75) is 38.6 Å². The summed E-state index contributed by atoms with van der Waals surface area (Å²) in [6.07, 6.45) is 2.35. The molecule has 0 fully saturated rings. The summed E-state index contributed by atoms with van der Waals surface area (Å²) in [7, 11) is 2.98. The van der Waals surface area contributed by atoms with Gasteiger partial charge in [0.15, 0.2) is 11.6 Å². The highest BCUT2D eigenvalue weighted by atomic mass is 35.5. The molecule has 4 rings (SSSR count). The SMILES string of the molecule is CCC(=O)c1ccc(CC(=O)C(CCOC)n2cc(OC)c(-c3cc(Cl)ccc3C3=NOCC3)cc2=O)cc1F. The second kappa shape index (κ2) is 13.0. The number of carbonyl (C=O) groups is 2. The Morgan fingerprint density at radius 3 is 2.58 bits per heavy atom. The first-order chi connectivity index (χ1) is 19.3. The van der Waals surface area contributed by atoms with E-state index in [2.05, 4.69) is 5.16 Å². The zero-order valence-corrected chi connectivity index (χ0v) is 23.3. The van der Waals surface area contributed by atoms with E-state index in [9.17, 15) is 18.8 Å². The molecule has 1 aliphatic heterocycles. The van der Waals surface area contributed by atoms with Crippen LogP contribution in [0.3, 0.4) is 0 Å². The Morgan fingerprint density at radius 1 is 1.12 bits per heavy atom. The number of benzene rings is 2. The number of nitrogens with zero attached hydrogens (tertiary/aromatic N) is 2. The third-order valence-electron chi connectivity index (χ3n) is 6.79. The summed E-state index contributed by atoms with van der Waals surface area (Å²) in [6, 6.07) is 9.93. The molecular formula is C30H30ClFN2O6. The van der Waals surface area contributed by atoms with Gasteiger partial charge in [0.1, 0.15) is 18.2 Å². The normalized spacial score (nSPS) is 13.5. The number of oxime groups is 1. The lowest BCUT2D eigenvalue weighted by molar-refractivity contribution is -0.122. The van der Waals surface area contributed by atoms with Gasteiger partial charge in [0.25, 0.3) is 5.56 Å². The van der Waals surface area contributed by atoms with Crippen LogP contribution in [0.5, 0.6) is 5.75 Å². The lowest BCUT2D eigenvalue weighted by atomic mass is 9.95. The molecule has 0 radical (unpaired) electrons. The smallest absolute Gasteiger partial charge is 0.252 e. The maximum atomic E-state index is 14.6. The highest BCUT2D eigenvalue weighted by molar-refractivity contribution is 6.31. The van der Waals surface area contributed by atoms with Gasteiger partial charge in [-0.15, -0.1) is 0 Å². The van der Waals surface area contributed by atoms with Crippen LogP contribution in [0.4, 0.5) is 4.39 Å². The molecule has 10 heteroatoms. The van der Waals surface area contributed by atoms with Crippen molar-refractivity contribution in [2.75, 3.05) is 27.4 Å². The molecule has 1 unspecified atom stereocenters. The van der Waals surface area contributed by atoms with Crippen molar-refractivity contribution in [2.24, 2.45) is 5.16 Å². The second-order valence-electron chi connectivity index (χ2n) is 9.34. The van der Waals surface area contributed by atoms with Crippen molar-refractivity contribution in [1.82, 2.24) is 4.57 Å². The van der Waals surface area contributed by atoms with Crippen LogP contribution in [0.2, 0.25) is 5.02 Å². The Labute approximate surface area is 236 Å². The molecule has 2 aromatic carbocycles. The Hall–Kier alpha value is -3.82. The van der Waals surface area contributed by atoms with E-state index in [1.807, 2.05) is 6.07 Å². The van der Waals surface area contributed by atoms with E-state index in [1.165, 1.54) is 43.2 Å². The molecule has 1 aromatic heterocycles. The minimum Gasteiger partial charge on any atom is -0.495 e. The monoisotopic (exact) mass is 568 g/mol. The highest BCUT2D eigenvalue weighted by Crippen LogP contribution is 2.35. The third kappa shape index (κ3) is 6.32. The largest absolute Gasteiger partial charge is 0.495 e. The topological polar surface area (TPSA) is 96.2 Å². The number of carbonyl (C=O) groups excluding carboxylic acids is 2. The summed E-state index contributed by atoms with van der Waals surface area (Å²) < 4.78 is 26.7. The van der Waals surface area contributed by atoms with Gasteiger partial charge in [-0.3, -0.25) is 14.4 Å². The second-order valence-corrected chi connectivity index (χ2v) is 9.78. The van der Waals surface area contributed by atoms with E-state index in [1.54, 1.807) is 25.1 Å². The predicted molar refractivity (Wildman–Crippen MR) is 150 cm³/mol. The average molecular weight is 569 g/mol. The molecule has 0 spiro atoms. The van der Waals surface area contributed by atoms with Gasteiger partial charge in [0, 0.05) is 55.2 Å². The summed E-state index contributed by atoms with van der Waals surface area (Å²) in [4.78, 5) is 44.1. The zero-order valence-electron chi connectivity index (χ0n) is 22.5. The molecular weight excluding hydrogens is 539 g/mol. The number of pyridine rings is 1. The maximum absolute atomic E-state index is 14.6. The van der Waals surface area contributed by atoms with Gasteiger partial charge < -0.3 is 18.9 Å². The fourth-order valence-corrected chi connectivity index (χ4v) is 4.89. The number of ether oxygens (including phenoxy) is 2. The fraction of sp³-hybridized carbons (Fsp3) is 0.333. The van der Waals surface area contributed by atoms with Crippen LogP contribution >= 0.6 is 11.6 Å². The molecule has 3 aromatic rings. The van der Waals surface area contributed by atoms with Crippen LogP contribution in [-0.4, -0.2) is 49.3 Å². The molecule has 0 saturated carbocycles. The number of hydrogen-bond donors (Lipinski definition) is 0. The van der Waals surface area contributed by atoms with Crippen molar-refractivity contribution in [3.63, 3.8) is 0 Å². The van der Waals surface area contributed by atoms with Crippen LogP contribution in [0.15, 0.2) is 58.6 Å². The van der Waals surface area contributed by atoms with Crippen molar-refractivity contribution >= 4 is 28.9 Å². The predicted octanol–water partition coefficient (Wildman–Crippen LogP) is 5.42. The Kier molecular flexibility index (Phi) is 9.50. The van der Waals surface area contributed by atoms with Crippen molar-refractivity contribution in [3.05, 3.63) is 86.5 Å². The molecule has 40 heavy (non-hydrogen) atoms. The van der Waals surface area contributed by atoms with Crippen molar-refractivity contribution < 1.29 is 28.3 Å². The summed E-state index contributed by atoms with van der Waals surface area (Å²) in [5.74, 6) is -0.957. The van der Waals surface area contributed by atoms with Gasteiger partial charge >= 0.3 is 0 Å². The molecule has 0 saturated heterocycles. The van der Waals surface area contributed by atoms with Crippen LogP contribution < -0.4 is 10.3 Å². The number of halogens is 2. The molecule has 210 valence electrons. The van der Waals surface area contributed by atoms with Gasteiger partial charge in [0.05, 0.1) is 30.6 Å². The molecule has 0 bridgehead atoms. The number of methoxy groups -OCH3 is 2. The molecule has 2 heterocycles. The van der Waals surface area contributed by atoms with E-state index < -0.39 is 17.4 Å². The van der Waals surface area contributed by atoms with E-state index in [4.69, 9.17) is 25.9 Å². The van der Waals surface area contributed by atoms with E-state index in [0.717, 1.165) is 11.3 Å². The lowest BCUT2D eigenvalue weighted by Gasteiger charge is -2.21. The zero-order chi connectivity index (χ0) is 28.8. The van der Waals surface area contributed by atoms with Crippen molar-refractivity contribution in [1.29, 1.82) is 0 Å². The van der Waals surface area contributed by atoms with E-state index >= 15 is 0 Å². The van der Waals surface area contributed by atoms with Crippen LogP contribution in [0.25, 0.3) is 11.1 Å². The summed E-state index contributed by atoms with van der Waals surface area (Å²) in [6.45, 7) is 2.33. The van der Waals surface area contributed by atoms with Crippen LogP contribution in [0, 0.1) is 5.82 Å². The Balaban J connectivity index is 1.72. The maximum Gasteiger partial charge on any atom is 0.252 e. The molecule has 1 aliphatic rings. The minimum atomic E-state index is -0.901. The highest BCUT2D eigenvalue weighted by Gasteiger charge is 2.25. The van der Waals surface area contributed by atoms with Crippen LogP contribution in [-0.2, 0) is 20.8 Å². The van der Waals surface area contributed by atoms with Gasteiger partial charge in [-0.05, 0) is 41.8 Å². The van der Waals surface area contributed by atoms with Gasteiger partial charge in [-0.25, -0.2) is 4.39 Å². The third-order valence-corrected chi connectivity index (χ3v) is 7.02. The first-order valence-corrected chi connectivity index (χ1v) is 13.3. The van der Waals surface area contributed by atoms with Crippen molar-refractivity contribution in [3.8, 4) is 16.9 Å². The van der Waals surface area contributed by atoms with E-state index in [-0.39, 0.29) is 43.0 Å². The van der Waals surface area contributed by atoms with Gasteiger partial charge in [0.2, 0.25) is 0 Å². The lowest BCUT2D eigenvalue weighted by Crippen LogP contribution is -2.31. The summed E-state index contributed by atoms with van der Waals surface area (Å²) >= 11 is 6.31. The van der Waals surface area contributed by atoms with Gasteiger partial charge in [-0.1, -0.05) is 35.8 Å². The number of ketones is 2. The first kappa shape index (κ1) is 29.2. The number of Topliss-reactive ketones (excluding diaryl/α,β-unsaturated/α-hetero) is 2. The average Bonchev–Trinajstić information content (AvgIpc) is 3.48. The molecule has 1 atom stereocenters. The minimum absolute atomic E-state index is 0.0123. The molecule has 8 nitrogen and oxygen atoms in total. The Morgan fingerprint density at radius 2 is 1.93 bits per heavy atom. The molecule has 0 aliphatic carbocycles. The summed E-state index contributed by atoms with van der Waals surface area (Å²) in [5, 5.41) is 4.58.